The molecule has 1 aromatic carbocycles. The topological polar surface area (TPSA) is 81.8 Å². The molecule has 1 saturated heterocycles. The van der Waals surface area contributed by atoms with Crippen molar-refractivity contribution in [3.8, 4) is 0 Å². The molecular formula is C21H29NO4. The van der Waals surface area contributed by atoms with Crippen LogP contribution in [-0.4, -0.2) is 36.4 Å². The second kappa shape index (κ2) is 12.1. The second-order valence-corrected chi connectivity index (χ2v) is 6.21. The normalized spacial score (nSPS) is 24.0. The summed E-state index contributed by atoms with van der Waals surface area (Å²) in [4.78, 5) is 11.6. The summed E-state index contributed by atoms with van der Waals surface area (Å²) in [6.45, 7) is 9.44. The van der Waals surface area contributed by atoms with E-state index in [2.05, 4.69) is 25.3 Å². The summed E-state index contributed by atoms with van der Waals surface area (Å²) in [5, 5.41) is 8.53. The van der Waals surface area contributed by atoms with Gasteiger partial charge in [0.15, 0.2) is 0 Å². The van der Waals surface area contributed by atoms with Crippen LogP contribution in [0.4, 0.5) is 0 Å². The number of allylic oxidation sites excluding steroid dienone is 3. The number of nitrogens with two attached hydrogens (primary N) is 1. The van der Waals surface area contributed by atoms with E-state index >= 15 is 0 Å². The molecule has 0 aromatic heterocycles. The first kappa shape index (κ1) is 21.7. The van der Waals surface area contributed by atoms with Gasteiger partial charge in [0.1, 0.15) is 11.8 Å². The number of aliphatic hydroxyl groups is 1. The molecule has 0 bridgehead atoms. The quantitative estimate of drug-likeness (QED) is 0.490. The Balaban J connectivity index is 0.000000412. The third-order valence-corrected chi connectivity index (χ3v) is 3.80. The molecule has 0 saturated carbocycles. The molecule has 1 aliphatic heterocycles. The maximum Gasteiger partial charge on any atom is 0.325 e. The van der Waals surface area contributed by atoms with E-state index in [-0.39, 0.29) is 24.4 Å². The second-order valence-electron chi connectivity index (χ2n) is 6.21. The number of cyclic esters (lactones) is 1. The van der Waals surface area contributed by atoms with E-state index in [1.165, 1.54) is 23.8 Å². The molecule has 3 atom stereocenters. The number of ether oxygens (including phenoxy) is 2. The van der Waals surface area contributed by atoms with Crippen LogP contribution in [0.1, 0.15) is 18.9 Å². The lowest BCUT2D eigenvalue weighted by molar-refractivity contribution is -0.150. The van der Waals surface area contributed by atoms with E-state index in [4.69, 9.17) is 20.3 Å². The largest absolute Gasteiger partial charge is 0.508 e. The van der Waals surface area contributed by atoms with Crippen molar-refractivity contribution in [2.45, 2.75) is 31.9 Å². The fourth-order valence-electron chi connectivity index (χ4n) is 2.58. The van der Waals surface area contributed by atoms with Crippen molar-refractivity contribution in [3.63, 3.8) is 0 Å². The molecule has 142 valence electrons. The van der Waals surface area contributed by atoms with Crippen LogP contribution in [0.25, 0.3) is 0 Å². The summed E-state index contributed by atoms with van der Waals surface area (Å²) in [6, 6.07) is 9.62. The Bertz CT molecular complexity index is 597. The van der Waals surface area contributed by atoms with Crippen LogP contribution < -0.4 is 5.73 Å². The minimum atomic E-state index is -0.669. The van der Waals surface area contributed by atoms with Gasteiger partial charge in [-0.1, -0.05) is 49.6 Å². The van der Waals surface area contributed by atoms with Crippen LogP contribution in [0.5, 0.6) is 0 Å². The summed E-state index contributed by atoms with van der Waals surface area (Å²) in [5.41, 5.74) is 6.95. The number of aliphatic hydroxyl groups excluding tert-OH is 1. The number of hydrogen-bond donors (Lipinski definition) is 2. The highest BCUT2D eigenvalue weighted by atomic mass is 16.5. The van der Waals surface area contributed by atoms with Gasteiger partial charge in [-0.2, -0.15) is 0 Å². The summed E-state index contributed by atoms with van der Waals surface area (Å²) in [5.74, 6) is 0.123. The first-order chi connectivity index (χ1) is 12.5. The molecule has 2 unspecified atom stereocenters. The van der Waals surface area contributed by atoms with E-state index in [1.807, 2.05) is 25.1 Å². The Morgan fingerprint density at radius 1 is 1.31 bits per heavy atom. The zero-order valence-electron chi connectivity index (χ0n) is 15.3. The van der Waals surface area contributed by atoms with Crippen molar-refractivity contribution in [2.75, 3.05) is 13.2 Å². The highest BCUT2D eigenvalue weighted by Gasteiger charge is 2.24. The Kier molecular flexibility index (Phi) is 10.1. The van der Waals surface area contributed by atoms with Crippen molar-refractivity contribution in [3.05, 3.63) is 73.0 Å². The summed E-state index contributed by atoms with van der Waals surface area (Å²) >= 11 is 0. The molecular weight excluding hydrogens is 330 g/mol. The van der Waals surface area contributed by atoms with E-state index in [0.29, 0.717) is 12.5 Å². The molecule has 1 aliphatic rings. The van der Waals surface area contributed by atoms with Crippen LogP contribution in [-0.2, 0) is 20.7 Å². The Morgan fingerprint density at radius 3 is 2.58 bits per heavy atom. The Morgan fingerprint density at radius 2 is 2.00 bits per heavy atom. The average Bonchev–Trinajstić information content (AvgIpc) is 2.67. The lowest BCUT2D eigenvalue weighted by Gasteiger charge is -2.19. The molecule has 2 rings (SSSR count). The zero-order chi connectivity index (χ0) is 19.4. The molecule has 0 aliphatic carbocycles. The maximum absolute atomic E-state index is 11.6. The fourth-order valence-corrected chi connectivity index (χ4v) is 2.58. The van der Waals surface area contributed by atoms with Crippen molar-refractivity contribution >= 4 is 5.97 Å². The first-order valence-electron chi connectivity index (χ1n) is 8.68. The highest BCUT2D eigenvalue weighted by molar-refractivity contribution is 5.75. The lowest BCUT2D eigenvalue weighted by atomic mass is 9.95. The maximum atomic E-state index is 11.6. The smallest absolute Gasteiger partial charge is 0.325 e. The van der Waals surface area contributed by atoms with Gasteiger partial charge in [0.05, 0.1) is 12.7 Å². The molecule has 1 heterocycles. The van der Waals surface area contributed by atoms with E-state index in [9.17, 15) is 4.79 Å². The predicted molar refractivity (Wildman–Crippen MR) is 104 cm³/mol. The monoisotopic (exact) mass is 359 g/mol. The van der Waals surface area contributed by atoms with Gasteiger partial charge in [-0.25, -0.2) is 0 Å². The zero-order valence-corrected chi connectivity index (χ0v) is 15.3. The Hall–Kier alpha value is -2.37. The molecule has 1 aromatic rings. The fraction of sp³-hybridized carbons (Fsp3) is 0.381. The standard InChI is InChI=1S/C15H21NO3.C6H8O/c1-11-7-13(8-12-5-3-2-4-6-12)9-18-10-14(16)15(17)19-11;1-3-5-6(7)4-2/h2-6,11,13-14H,7-10,16H2,1H3;3-5,7H,1-2H2/b;6-5+/t11?,13?,14-;/m0./s1. The number of hydrogen-bond acceptors (Lipinski definition) is 5. The Labute approximate surface area is 155 Å². The van der Waals surface area contributed by atoms with Crippen LogP contribution >= 0.6 is 0 Å². The summed E-state index contributed by atoms with van der Waals surface area (Å²) in [7, 11) is 0. The van der Waals surface area contributed by atoms with Crippen molar-refractivity contribution < 1.29 is 19.4 Å². The van der Waals surface area contributed by atoms with Gasteiger partial charge < -0.3 is 20.3 Å². The van der Waals surface area contributed by atoms with E-state index in [1.54, 1.807) is 0 Å². The molecule has 26 heavy (non-hydrogen) atoms. The number of carbonyl (C=O) groups excluding carboxylic acids is 1. The van der Waals surface area contributed by atoms with Gasteiger partial charge in [0, 0.05) is 6.61 Å². The minimum Gasteiger partial charge on any atom is -0.508 e. The SMILES string of the molecule is C=C/C=C(/O)C=C.CC1CC(Cc2ccccc2)COC[C@H](N)C(=O)O1. The minimum absolute atomic E-state index is 0.117. The van der Waals surface area contributed by atoms with Gasteiger partial charge in [-0.05, 0) is 43.4 Å². The molecule has 1 fully saturated rings. The van der Waals surface area contributed by atoms with Gasteiger partial charge in [-0.3, -0.25) is 4.79 Å². The van der Waals surface area contributed by atoms with Crippen LogP contribution in [0, 0.1) is 5.92 Å². The molecule has 5 heteroatoms. The number of rotatable bonds is 4. The average molecular weight is 359 g/mol. The third kappa shape index (κ3) is 8.65. The van der Waals surface area contributed by atoms with E-state index in [0.717, 1.165) is 12.8 Å². The van der Waals surface area contributed by atoms with Gasteiger partial charge in [0.2, 0.25) is 0 Å². The van der Waals surface area contributed by atoms with Crippen molar-refractivity contribution in [2.24, 2.45) is 11.7 Å². The number of esters is 1. The van der Waals surface area contributed by atoms with Crippen molar-refractivity contribution in [1.29, 1.82) is 0 Å². The van der Waals surface area contributed by atoms with E-state index < -0.39 is 6.04 Å². The van der Waals surface area contributed by atoms with Gasteiger partial charge in [-0.15, -0.1) is 0 Å². The number of carbonyl (C=O) groups is 1. The highest BCUT2D eigenvalue weighted by Crippen LogP contribution is 2.18. The molecule has 0 amide bonds. The van der Waals surface area contributed by atoms with Crippen molar-refractivity contribution in [1.82, 2.24) is 0 Å². The van der Waals surface area contributed by atoms with Crippen LogP contribution in [0.15, 0.2) is 67.5 Å². The lowest BCUT2D eigenvalue weighted by Crippen LogP contribution is -2.37. The molecule has 0 radical (unpaired) electrons. The molecule has 5 nitrogen and oxygen atoms in total. The summed E-state index contributed by atoms with van der Waals surface area (Å²) < 4.78 is 10.9. The molecule has 0 spiro atoms. The van der Waals surface area contributed by atoms with Crippen LogP contribution in [0.3, 0.4) is 0 Å². The van der Waals surface area contributed by atoms with Crippen LogP contribution in [0.2, 0.25) is 0 Å². The first-order valence-corrected chi connectivity index (χ1v) is 8.68. The third-order valence-electron chi connectivity index (χ3n) is 3.80. The predicted octanol–water partition coefficient (Wildman–Crippen LogP) is 3.32. The van der Waals surface area contributed by atoms with Gasteiger partial charge in [0.25, 0.3) is 0 Å². The van der Waals surface area contributed by atoms with Gasteiger partial charge >= 0.3 is 5.97 Å². The number of benzene rings is 1. The molecule has 3 N–H and O–H groups in total. The summed E-state index contributed by atoms with van der Waals surface area (Å²) in [6.07, 6.45) is 5.92.